The second-order valence-electron chi connectivity index (χ2n) is 7.96. The second kappa shape index (κ2) is 12.7. The fourth-order valence-electron chi connectivity index (χ4n) is 3.20. The van der Waals surface area contributed by atoms with Crippen LogP contribution in [0.15, 0.2) is 66.2 Å². The summed E-state index contributed by atoms with van der Waals surface area (Å²) in [6.07, 6.45) is 1.49. The molecular formula is C28H26IN3O4. The number of carbonyl (C=O) groups excluding carboxylic acids is 2. The molecule has 0 bridgehead atoms. The molecule has 0 aliphatic heterocycles. The minimum Gasteiger partial charge on any atom is -0.490 e. The van der Waals surface area contributed by atoms with Crippen LogP contribution in [0.25, 0.3) is 6.08 Å². The Morgan fingerprint density at radius 3 is 2.08 bits per heavy atom. The molecule has 0 unspecified atom stereocenters. The van der Waals surface area contributed by atoms with Gasteiger partial charge in [-0.3, -0.25) is 9.59 Å². The van der Waals surface area contributed by atoms with Crippen molar-refractivity contribution in [3.05, 3.63) is 86.5 Å². The Balaban J connectivity index is 1.76. The molecule has 2 N–H and O–H groups in total. The number of nitriles is 1. The predicted octanol–water partition coefficient (Wildman–Crippen LogP) is 5.87. The first-order valence-electron chi connectivity index (χ1n) is 11.2. The molecule has 0 aliphatic rings. The van der Waals surface area contributed by atoms with Gasteiger partial charge in [0.15, 0.2) is 18.1 Å². The Labute approximate surface area is 224 Å². The first kappa shape index (κ1) is 26.8. The van der Waals surface area contributed by atoms with Crippen molar-refractivity contribution in [2.45, 2.75) is 20.8 Å². The number of hydrogen-bond acceptors (Lipinski definition) is 5. The van der Waals surface area contributed by atoms with Gasteiger partial charge in [0, 0.05) is 11.4 Å². The predicted molar refractivity (Wildman–Crippen MR) is 149 cm³/mol. The molecule has 3 aromatic rings. The van der Waals surface area contributed by atoms with E-state index in [1.807, 2.05) is 63.2 Å². The normalized spacial score (nSPS) is 10.8. The van der Waals surface area contributed by atoms with E-state index < -0.39 is 5.91 Å². The maximum Gasteiger partial charge on any atom is 0.266 e. The summed E-state index contributed by atoms with van der Waals surface area (Å²) >= 11 is 2.07. The first-order chi connectivity index (χ1) is 17.3. The number of halogens is 1. The fraction of sp³-hybridized carbons (Fsp3) is 0.179. The van der Waals surface area contributed by atoms with Crippen molar-refractivity contribution in [1.29, 1.82) is 5.26 Å². The summed E-state index contributed by atoms with van der Waals surface area (Å²) in [4.78, 5) is 25.0. The molecule has 0 fully saturated rings. The van der Waals surface area contributed by atoms with Gasteiger partial charge in [0.25, 0.3) is 11.8 Å². The molecule has 0 aliphatic carbocycles. The molecular weight excluding hydrogens is 569 g/mol. The Morgan fingerprint density at radius 1 is 0.944 bits per heavy atom. The fourth-order valence-corrected chi connectivity index (χ4v) is 3.98. The third kappa shape index (κ3) is 7.58. The molecule has 3 rings (SSSR count). The van der Waals surface area contributed by atoms with E-state index in [-0.39, 0.29) is 18.1 Å². The molecule has 0 aromatic heterocycles. The smallest absolute Gasteiger partial charge is 0.266 e. The average Bonchev–Trinajstić information content (AvgIpc) is 2.85. The van der Waals surface area contributed by atoms with Crippen molar-refractivity contribution in [3.63, 3.8) is 0 Å². The van der Waals surface area contributed by atoms with Crippen LogP contribution < -0.4 is 20.1 Å². The average molecular weight is 595 g/mol. The Kier molecular flexibility index (Phi) is 9.47. The second-order valence-corrected chi connectivity index (χ2v) is 9.12. The van der Waals surface area contributed by atoms with Crippen molar-refractivity contribution in [2.75, 3.05) is 23.8 Å². The van der Waals surface area contributed by atoms with Gasteiger partial charge in [-0.15, -0.1) is 0 Å². The third-order valence-electron chi connectivity index (χ3n) is 5.00. The lowest BCUT2D eigenvalue weighted by Gasteiger charge is -2.15. The quantitative estimate of drug-likeness (QED) is 0.183. The van der Waals surface area contributed by atoms with Gasteiger partial charge in [0.05, 0.1) is 10.2 Å². The topological polar surface area (TPSA) is 100 Å². The lowest BCUT2D eigenvalue weighted by molar-refractivity contribution is -0.118. The van der Waals surface area contributed by atoms with Gasteiger partial charge in [0.2, 0.25) is 0 Å². The van der Waals surface area contributed by atoms with Gasteiger partial charge in [0.1, 0.15) is 11.6 Å². The van der Waals surface area contributed by atoms with Crippen LogP contribution in [0.2, 0.25) is 0 Å². The van der Waals surface area contributed by atoms with Gasteiger partial charge >= 0.3 is 0 Å². The van der Waals surface area contributed by atoms with E-state index in [1.54, 1.807) is 24.3 Å². The monoisotopic (exact) mass is 595 g/mol. The largest absolute Gasteiger partial charge is 0.490 e. The highest BCUT2D eigenvalue weighted by Gasteiger charge is 2.16. The number of benzene rings is 3. The van der Waals surface area contributed by atoms with Crippen molar-refractivity contribution < 1.29 is 19.1 Å². The summed E-state index contributed by atoms with van der Waals surface area (Å²) in [7, 11) is 0. The van der Waals surface area contributed by atoms with Gasteiger partial charge in [-0.1, -0.05) is 35.4 Å². The van der Waals surface area contributed by atoms with Crippen LogP contribution in [0.5, 0.6) is 11.5 Å². The summed E-state index contributed by atoms with van der Waals surface area (Å²) in [5.41, 5.74) is 3.99. The maximum absolute atomic E-state index is 12.6. The molecule has 184 valence electrons. The van der Waals surface area contributed by atoms with Crippen LogP contribution in [0.4, 0.5) is 11.4 Å². The van der Waals surface area contributed by atoms with Gasteiger partial charge < -0.3 is 20.1 Å². The van der Waals surface area contributed by atoms with E-state index in [0.717, 1.165) is 11.1 Å². The van der Waals surface area contributed by atoms with Crippen LogP contribution >= 0.6 is 22.6 Å². The van der Waals surface area contributed by atoms with Crippen molar-refractivity contribution in [1.82, 2.24) is 0 Å². The molecule has 0 heterocycles. The summed E-state index contributed by atoms with van der Waals surface area (Å²) in [5, 5.41) is 15.1. The highest BCUT2D eigenvalue weighted by molar-refractivity contribution is 14.1. The molecule has 36 heavy (non-hydrogen) atoms. The van der Waals surface area contributed by atoms with E-state index in [4.69, 9.17) is 9.47 Å². The van der Waals surface area contributed by atoms with E-state index in [2.05, 4.69) is 33.2 Å². The number of carbonyl (C=O) groups is 2. The van der Waals surface area contributed by atoms with Crippen molar-refractivity contribution in [3.8, 4) is 17.6 Å². The van der Waals surface area contributed by atoms with Gasteiger partial charge in [-0.05, 0) is 91.4 Å². The van der Waals surface area contributed by atoms with Crippen LogP contribution in [0.3, 0.4) is 0 Å². The number of nitrogens with zero attached hydrogens (tertiary/aromatic N) is 1. The number of rotatable bonds is 9. The van der Waals surface area contributed by atoms with E-state index in [0.29, 0.717) is 38.6 Å². The Bertz CT molecular complexity index is 1310. The summed E-state index contributed by atoms with van der Waals surface area (Å²) in [6, 6.07) is 20.2. The minimum absolute atomic E-state index is 0.0556. The molecule has 7 nitrogen and oxygen atoms in total. The van der Waals surface area contributed by atoms with E-state index in [1.165, 1.54) is 6.08 Å². The zero-order valence-electron chi connectivity index (χ0n) is 20.2. The van der Waals surface area contributed by atoms with Crippen LogP contribution in [-0.2, 0) is 9.59 Å². The van der Waals surface area contributed by atoms with Crippen LogP contribution in [0.1, 0.15) is 23.6 Å². The van der Waals surface area contributed by atoms with Crippen LogP contribution in [0, 0.1) is 28.7 Å². The van der Waals surface area contributed by atoms with Crippen molar-refractivity contribution >= 4 is 51.9 Å². The number of anilines is 2. The number of ether oxygens (including phenoxy) is 2. The zero-order chi connectivity index (χ0) is 26.1. The molecule has 8 heteroatoms. The summed E-state index contributed by atoms with van der Waals surface area (Å²) in [6.45, 7) is 5.92. The lowest BCUT2D eigenvalue weighted by atomic mass is 10.1. The third-order valence-corrected chi connectivity index (χ3v) is 5.80. The number of aryl methyl sites for hydroxylation is 2. The maximum atomic E-state index is 12.6. The highest BCUT2D eigenvalue weighted by Crippen LogP contribution is 2.35. The SMILES string of the molecule is CCOc1cc(/C=C(\C#N)C(=O)Nc2ccc(C)cc2)cc(I)c1OCC(=O)Nc1ccc(C)cc1. The van der Waals surface area contributed by atoms with Crippen LogP contribution in [-0.4, -0.2) is 25.0 Å². The number of nitrogens with one attached hydrogen (secondary N) is 2. The minimum atomic E-state index is -0.512. The highest BCUT2D eigenvalue weighted by atomic mass is 127. The summed E-state index contributed by atoms with van der Waals surface area (Å²) in [5.74, 6) is 0.00864. The molecule has 0 saturated heterocycles. The molecule has 0 radical (unpaired) electrons. The van der Waals surface area contributed by atoms with E-state index >= 15 is 0 Å². The first-order valence-corrected chi connectivity index (χ1v) is 12.3. The summed E-state index contributed by atoms with van der Waals surface area (Å²) < 4.78 is 12.2. The molecule has 0 atom stereocenters. The molecule has 0 saturated carbocycles. The van der Waals surface area contributed by atoms with Crippen molar-refractivity contribution in [2.24, 2.45) is 0 Å². The molecule has 2 amide bonds. The van der Waals surface area contributed by atoms with E-state index in [9.17, 15) is 14.9 Å². The Morgan fingerprint density at radius 2 is 1.53 bits per heavy atom. The molecule has 3 aromatic carbocycles. The number of hydrogen-bond donors (Lipinski definition) is 2. The van der Waals surface area contributed by atoms with Gasteiger partial charge in [-0.2, -0.15) is 5.26 Å². The number of amides is 2. The van der Waals surface area contributed by atoms with Gasteiger partial charge in [-0.25, -0.2) is 0 Å². The lowest BCUT2D eigenvalue weighted by Crippen LogP contribution is -2.20. The Hall–Kier alpha value is -3.84. The standard InChI is InChI=1S/C28H26IN3O4/c1-4-35-25-15-20(13-21(16-30)28(34)32-23-11-7-19(3)8-12-23)14-24(29)27(25)36-17-26(33)31-22-9-5-18(2)6-10-22/h5-15H,4,17H2,1-3H3,(H,31,33)(H,32,34)/b21-13+. The zero-order valence-corrected chi connectivity index (χ0v) is 22.4. The molecule has 0 spiro atoms.